The topological polar surface area (TPSA) is 92.8 Å². The number of benzene rings is 1. The highest BCUT2D eigenvalue weighted by atomic mass is 19.4. The fourth-order valence-electron chi connectivity index (χ4n) is 3.31. The zero-order chi connectivity index (χ0) is 25.7. The molecule has 0 bridgehead atoms. The molecule has 4 aromatic rings. The van der Waals surface area contributed by atoms with E-state index in [0.29, 0.717) is 22.4 Å². The maximum absolute atomic E-state index is 12.8. The van der Waals surface area contributed by atoms with Gasteiger partial charge in [-0.05, 0) is 48.9 Å². The Kier molecular flexibility index (Phi) is 6.95. The first-order chi connectivity index (χ1) is 17.2. The molecular weight excluding hydrogens is 471 g/mol. The molecule has 0 aliphatic carbocycles. The van der Waals surface area contributed by atoms with E-state index in [2.05, 4.69) is 32.1 Å². The summed E-state index contributed by atoms with van der Waals surface area (Å²) < 4.78 is 44.0. The van der Waals surface area contributed by atoms with E-state index in [0.717, 1.165) is 29.5 Å². The monoisotopic (exact) mass is 491 g/mol. The highest BCUT2D eigenvalue weighted by molar-refractivity contribution is 6.11. The van der Waals surface area contributed by atoms with Crippen LogP contribution in [0.25, 0.3) is 22.0 Å². The van der Waals surface area contributed by atoms with Gasteiger partial charge in [0.25, 0.3) is 5.91 Å². The first kappa shape index (κ1) is 24.4. The lowest BCUT2D eigenvalue weighted by Crippen LogP contribution is -2.14. The van der Waals surface area contributed by atoms with Gasteiger partial charge < -0.3 is 10.1 Å². The second-order valence-electron chi connectivity index (χ2n) is 7.63. The van der Waals surface area contributed by atoms with Gasteiger partial charge in [0, 0.05) is 17.1 Å². The van der Waals surface area contributed by atoms with Crippen molar-refractivity contribution in [1.29, 1.82) is 0 Å². The van der Waals surface area contributed by atoms with Crippen LogP contribution in [0.3, 0.4) is 0 Å². The number of carbonyl (C=O) groups is 1. The predicted molar refractivity (Wildman–Crippen MR) is 130 cm³/mol. The predicted octanol–water partition coefficient (Wildman–Crippen LogP) is 6.32. The molecule has 182 valence electrons. The van der Waals surface area contributed by atoms with Gasteiger partial charge in [0.1, 0.15) is 17.2 Å². The number of nitrogens with zero attached hydrogens (tertiary/aromatic N) is 3. The molecule has 3 aromatic heterocycles. The number of carbonyl (C=O) groups excluding carboxylic acids is 1. The van der Waals surface area contributed by atoms with Gasteiger partial charge in [-0.15, -0.1) is 0 Å². The van der Waals surface area contributed by atoms with Crippen LogP contribution in [0.1, 0.15) is 23.1 Å². The van der Waals surface area contributed by atoms with E-state index in [1.54, 1.807) is 48.8 Å². The van der Waals surface area contributed by atoms with Crippen LogP contribution in [0.2, 0.25) is 0 Å². The van der Waals surface area contributed by atoms with Crippen LogP contribution in [-0.4, -0.2) is 26.1 Å². The molecule has 2 N–H and O–H groups in total. The van der Waals surface area contributed by atoms with E-state index >= 15 is 0 Å². The summed E-state index contributed by atoms with van der Waals surface area (Å²) >= 11 is 0. The highest BCUT2D eigenvalue weighted by Gasteiger charge is 2.32. The van der Waals surface area contributed by atoms with Gasteiger partial charge in [0.15, 0.2) is 5.69 Å². The summed E-state index contributed by atoms with van der Waals surface area (Å²) in [5, 5.41) is 9.92. The minimum absolute atomic E-state index is 0.0832. The SMILES string of the molecule is C=C/C=C\C=C(/C)Oc1cncc(-c2ccc3[nH]nc(C(=O)Nc4ccc(C(F)(F)F)nc4)c3c2)c1. The lowest BCUT2D eigenvalue weighted by Gasteiger charge is -2.08. The van der Waals surface area contributed by atoms with Gasteiger partial charge in [0.05, 0.1) is 23.6 Å². The summed E-state index contributed by atoms with van der Waals surface area (Å²) in [5.41, 5.74) is 1.28. The fraction of sp³-hybridized carbons (Fsp3) is 0.0769. The number of aromatic nitrogens is 4. The van der Waals surface area contributed by atoms with Crippen molar-refractivity contribution in [3.05, 3.63) is 103 Å². The van der Waals surface area contributed by atoms with Crippen LogP contribution < -0.4 is 10.1 Å². The number of alkyl halides is 3. The van der Waals surface area contributed by atoms with Crippen LogP contribution >= 0.6 is 0 Å². The van der Waals surface area contributed by atoms with Crippen LogP contribution in [-0.2, 0) is 6.18 Å². The summed E-state index contributed by atoms with van der Waals surface area (Å²) in [6.45, 7) is 5.43. The largest absolute Gasteiger partial charge is 0.460 e. The Morgan fingerprint density at radius 1 is 1.08 bits per heavy atom. The van der Waals surface area contributed by atoms with E-state index in [1.807, 2.05) is 19.1 Å². The molecule has 0 spiro atoms. The average molecular weight is 491 g/mol. The van der Waals surface area contributed by atoms with Crippen molar-refractivity contribution in [2.75, 3.05) is 5.32 Å². The number of anilines is 1. The number of nitrogens with one attached hydrogen (secondary N) is 2. The molecule has 0 unspecified atom stereocenters. The third kappa shape index (κ3) is 5.66. The summed E-state index contributed by atoms with van der Waals surface area (Å²) in [5.74, 6) is 0.603. The molecule has 0 saturated carbocycles. The molecular formula is C26H20F3N5O2. The van der Waals surface area contributed by atoms with Gasteiger partial charge in [-0.1, -0.05) is 30.9 Å². The number of amides is 1. The number of H-pyrrole nitrogens is 1. The summed E-state index contributed by atoms with van der Waals surface area (Å²) in [6, 6.07) is 9.14. The second kappa shape index (κ2) is 10.3. The Hall–Kier alpha value is -4.73. The van der Waals surface area contributed by atoms with Crippen molar-refractivity contribution in [2.24, 2.45) is 0 Å². The number of allylic oxidation sites excluding steroid dienone is 5. The molecule has 0 aliphatic rings. The van der Waals surface area contributed by atoms with Crippen LogP contribution in [0.15, 0.2) is 91.6 Å². The Labute approximate surface area is 204 Å². The third-order valence-electron chi connectivity index (χ3n) is 4.99. The van der Waals surface area contributed by atoms with Crippen molar-refractivity contribution in [1.82, 2.24) is 20.2 Å². The molecule has 1 amide bonds. The summed E-state index contributed by atoms with van der Waals surface area (Å²) in [7, 11) is 0. The molecule has 0 atom stereocenters. The number of hydrogen-bond acceptors (Lipinski definition) is 5. The lowest BCUT2D eigenvalue weighted by atomic mass is 10.0. The fourth-order valence-corrected chi connectivity index (χ4v) is 3.31. The first-order valence-corrected chi connectivity index (χ1v) is 10.7. The van der Waals surface area contributed by atoms with Gasteiger partial charge in [-0.3, -0.25) is 14.9 Å². The van der Waals surface area contributed by atoms with E-state index in [9.17, 15) is 18.0 Å². The maximum Gasteiger partial charge on any atom is 0.433 e. The zero-order valence-corrected chi connectivity index (χ0v) is 19.0. The van der Waals surface area contributed by atoms with Crippen molar-refractivity contribution < 1.29 is 22.7 Å². The van der Waals surface area contributed by atoms with Crippen LogP contribution in [0.4, 0.5) is 18.9 Å². The second-order valence-corrected chi connectivity index (χ2v) is 7.63. The molecule has 1 aromatic carbocycles. The molecule has 0 saturated heterocycles. The van der Waals surface area contributed by atoms with Gasteiger partial charge in [-0.25, -0.2) is 4.98 Å². The Balaban J connectivity index is 1.57. The first-order valence-electron chi connectivity index (χ1n) is 10.7. The van der Waals surface area contributed by atoms with Crippen LogP contribution in [0, 0.1) is 0 Å². The van der Waals surface area contributed by atoms with Gasteiger partial charge in [0.2, 0.25) is 0 Å². The minimum atomic E-state index is -4.56. The smallest absolute Gasteiger partial charge is 0.433 e. The minimum Gasteiger partial charge on any atom is -0.460 e. The molecule has 0 fully saturated rings. The van der Waals surface area contributed by atoms with Crippen molar-refractivity contribution in [3.8, 4) is 16.9 Å². The van der Waals surface area contributed by atoms with Crippen LogP contribution in [0.5, 0.6) is 5.75 Å². The average Bonchev–Trinajstić information content (AvgIpc) is 3.28. The van der Waals surface area contributed by atoms with Crippen molar-refractivity contribution in [2.45, 2.75) is 13.1 Å². The molecule has 3 heterocycles. The quantitative estimate of drug-likeness (QED) is 0.233. The molecule has 10 heteroatoms. The zero-order valence-electron chi connectivity index (χ0n) is 19.0. The highest BCUT2D eigenvalue weighted by Crippen LogP contribution is 2.29. The lowest BCUT2D eigenvalue weighted by molar-refractivity contribution is -0.141. The van der Waals surface area contributed by atoms with Crippen molar-refractivity contribution >= 4 is 22.5 Å². The standard InChI is InChI=1S/C26H20F3N5O2/c1-3-4-5-6-16(2)36-20-11-18(13-30-15-20)17-7-9-22-21(12-17)24(34-33-22)25(35)32-19-8-10-23(31-14-19)26(27,28)29/h3-15H,1H2,2H3,(H,32,35)(H,33,34)/b5-4-,16-6+. The maximum atomic E-state index is 12.8. The number of rotatable bonds is 7. The van der Waals surface area contributed by atoms with Gasteiger partial charge in [-0.2, -0.15) is 18.3 Å². The number of hydrogen-bond donors (Lipinski definition) is 2. The molecule has 4 rings (SSSR count). The summed E-state index contributed by atoms with van der Waals surface area (Å²) in [4.78, 5) is 20.4. The molecule has 36 heavy (non-hydrogen) atoms. The Morgan fingerprint density at radius 2 is 1.92 bits per heavy atom. The molecule has 0 aliphatic heterocycles. The van der Waals surface area contributed by atoms with E-state index in [-0.39, 0.29) is 11.4 Å². The van der Waals surface area contributed by atoms with Gasteiger partial charge >= 0.3 is 6.18 Å². The van der Waals surface area contributed by atoms with E-state index in [1.165, 1.54) is 0 Å². The Bertz CT molecular complexity index is 1470. The number of fused-ring (bicyclic) bond motifs is 1. The number of halogens is 3. The summed E-state index contributed by atoms with van der Waals surface area (Å²) in [6.07, 6.45) is 6.68. The normalized spacial score (nSPS) is 12.2. The number of pyridine rings is 2. The number of ether oxygens (including phenoxy) is 1. The molecule has 0 radical (unpaired) electrons. The third-order valence-corrected chi connectivity index (χ3v) is 4.99. The number of aromatic amines is 1. The Morgan fingerprint density at radius 3 is 2.64 bits per heavy atom. The molecule has 7 nitrogen and oxygen atoms in total. The van der Waals surface area contributed by atoms with E-state index < -0.39 is 17.8 Å². The van der Waals surface area contributed by atoms with Crippen molar-refractivity contribution in [3.63, 3.8) is 0 Å². The van der Waals surface area contributed by atoms with E-state index in [4.69, 9.17) is 4.74 Å².